The largest absolute Gasteiger partial charge is 0.491 e. The van der Waals surface area contributed by atoms with Crippen molar-refractivity contribution in [2.75, 3.05) is 39.5 Å². The number of amides is 1. The van der Waals surface area contributed by atoms with Gasteiger partial charge in [-0.3, -0.25) is 15.1 Å². The number of aliphatic hydroxyl groups is 1. The monoisotopic (exact) mass is 295 g/mol. The van der Waals surface area contributed by atoms with Crippen molar-refractivity contribution in [3.05, 3.63) is 29.8 Å². The number of hydrogen-bond donors (Lipinski definition) is 3. The number of nitrogens with two attached hydrogens (primary N) is 1. The molecule has 1 aromatic rings. The maximum Gasteiger partial charge on any atom is 0.268 e. The van der Waals surface area contributed by atoms with Crippen molar-refractivity contribution in [2.24, 2.45) is 5.84 Å². The van der Waals surface area contributed by atoms with Crippen LogP contribution < -0.4 is 16.0 Å². The molecule has 1 amide bonds. The molecule has 0 spiro atoms. The van der Waals surface area contributed by atoms with E-state index >= 15 is 0 Å². The number of rotatable bonds is 6. The van der Waals surface area contributed by atoms with Crippen LogP contribution in [0.15, 0.2) is 24.3 Å². The van der Waals surface area contributed by atoms with Gasteiger partial charge in [-0.1, -0.05) is 12.1 Å². The lowest BCUT2D eigenvalue weighted by Crippen LogP contribution is -2.48. The summed E-state index contributed by atoms with van der Waals surface area (Å²) in [5.41, 5.74) is 2.50. The Morgan fingerprint density at radius 3 is 3.10 bits per heavy atom. The van der Waals surface area contributed by atoms with Crippen LogP contribution in [-0.4, -0.2) is 61.5 Å². The number of nitrogen functional groups attached to an aromatic ring is 1. The number of hydrogen-bond acceptors (Lipinski definition) is 6. The van der Waals surface area contributed by atoms with Crippen LogP contribution in [0.5, 0.6) is 5.75 Å². The Kier molecular flexibility index (Phi) is 5.94. The van der Waals surface area contributed by atoms with Gasteiger partial charge in [-0.2, -0.15) is 0 Å². The third-order valence-corrected chi connectivity index (χ3v) is 3.46. The average Bonchev–Trinajstić information content (AvgIpc) is 2.55. The molecule has 4 N–H and O–H groups in total. The van der Waals surface area contributed by atoms with E-state index in [1.165, 1.54) is 0 Å². The summed E-state index contributed by atoms with van der Waals surface area (Å²) in [5, 5.41) is 9.30. The Hall–Kier alpha value is -1.67. The molecular weight excluding hydrogens is 274 g/mol. The third kappa shape index (κ3) is 4.15. The highest BCUT2D eigenvalue weighted by Gasteiger charge is 2.22. The Morgan fingerprint density at radius 1 is 1.52 bits per heavy atom. The number of benzene rings is 1. The molecule has 7 heteroatoms. The molecule has 1 saturated heterocycles. The Morgan fingerprint density at radius 2 is 2.33 bits per heavy atom. The summed E-state index contributed by atoms with van der Waals surface area (Å²) >= 11 is 0. The third-order valence-electron chi connectivity index (χ3n) is 3.46. The van der Waals surface area contributed by atoms with Crippen molar-refractivity contribution < 1.29 is 19.4 Å². The predicted octanol–water partition coefficient (Wildman–Crippen LogP) is -0.638. The summed E-state index contributed by atoms with van der Waals surface area (Å²) < 4.78 is 11.0. The van der Waals surface area contributed by atoms with Crippen LogP contribution in [-0.2, 0) is 4.74 Å². The van der Waals surface area contributed by atoms with Gasteiger partial charge < -0.3 is 14.6 Å². The lowest BCUT2D eigenvalue weighted by molar-refractivity contribution is -0.0313. The topological polar surface area (TPSA) is 97.0 Å². The minimum Gasteiger partial charge on any atom is -0.491 e. The van der Waals surface area contributed by atoms with Gasteiger partial charge in [0.1, 0.15) is 12.4 Å². The lowest BCUT2D eigenvalue weighted by Gasteiger charge is -2.34. The van der Waals surface area contributed by atoms with E-state index in [-0.39, 0.29) is 18.6 Å². The maximum absolute atomic E-state index is 11.6. The normalized spacial score (nSPS) is 19.2. The standard InChI is InChI=1S/C14H21N3O4/c15-16-14(19)12-3-1-2-4-13(12)21-8-6-17-5-7-20-10-11(17)9-18/h1-4,11,18H,5-10,15H2,(H,16,19). The quantitative estimate of drug-likeness (QED) is 0.367. The average molecular weight is 295 g/mol. The zero-order chi connectivity index (χ0) is 15.1. The minimum absolute atomic E-state index is 0.00457. The molecule has 21 heavy (non-hydrogen) atoms. The first-order chi connectivity index (χ1) is 10.3. The van der Waals surface area contributed by atoms with E-state index in [9.17, 15) is 9.90 Å². The first-order valence-corrected chi connectivity index (χ1v) is 6.91. The van der Waals surface area contributed by atoms with E-state index < -0.39 is 0 Å². The number of carbonyl (C=O) groups is 1. The summed E-state index contributed by atoms with van der Waals surface area (Å²) in [6, 6.07) is 6.94. The van der Waals surface area contributed by atoms with Crippen molar-refractivity contribution in [2.45, 2.75) is 6.04 Å². The van der Waals surface area contributed by atoms with Gasteiger partial charge >= 0.3 is 0 Å². The van der Waals surface area contributed by atoms with Gasteiger partial charge in [0.25, 0.3) is 5.91 Å². The molecule has 0 aromatic heterocycles. The molecule has 1 heterocycles. The number of para-hydroxylation sites is 1. The van der Waals surface area contributed by atoms with Gasteiger partial charge in [0.2, 0.25) is 0 Å². The molecule has 0 aliphatic carbocycles. The molecular formula is C14H21N3O4. The number of nitrogens with zero attached hydrogens (tertiary/aromatic N) is 1. The number of ether oxygens (including phenoxy) is 2. The van der Waals surface area contributed by atoms with Crippen LogP contribution in [0.4, 0.5) is 0 Å². The van der Waals surface area contributed by atoms with Crippen LogP contribution in [0.3, 0.4) is 0 Å². The molecule has 1 unspecified atom stereocenters. The second kappa shape index (κ2) is 7.94. The fraction of sp³-hybridized carbons (Fsp3) is 0.500. The van der Waals surface area contributed by atoms with Crippen LogP contribution in [0.25, 0.3) is 0 Å². The minimum atomic E-state index is -0.384. The second-order valence-corrected chi connectivity index (χ2v) is 4.77. The van der Waals surface area contributed by atoms with Gasteiger partial charge in [-0.15, -0.1) is 0 Å². The van der Waals surface area contributed by atoms with Gasteiger partial charge in [0, 0.05) is 13.1 Å². The summed E-state index contributed by atoms with van der Waals surface area (Å²) in [4.78, 5) is 13.7. The summed E-state index contributed by atoms with van der Waals surface area (Å²) in [6.07, 6.45) is 0. The van der Waals surface area contributed by atoms with Crippen molar-refractivity contribution >= 4 is 5.91 Å². The first kappa shape index (κ1) is 15.7. The van der Waals surface area contributed by atoms with Gasteiger partial charge in [-0.05, 0) is 12.1 Å². The molecule has 0 saturated carbocycles. The SMILES string of the molecule is NNC(=O)c1ccccc1OCCN1CCOCC1CO. The number of carbonyl (C=O) groups excluding carboxylic acids is 1. The first-order valence-electron chi connectivity index (χ1n) is 6.91. The highest BCUT2D eigenvalue weighted by Crippen LogP contribution is 2.17. The summed E-state index contributed by atoms with van der Waals surface area (Å²) in [5.74, 6) is 5.26. The van der Waals surface area contributed by atoms with Crippen LogP contribution in [0.1, 0.15) is 10.4 Å². The van der Waals surface area contributed by atoms with Crippen LogP contribution in [0, 0.1) is 0 Å². The van der Waals surface area contributed by atoms with Crippen molar-refractivity contribution in [3.8, 4) is 5.75 Å². The molecule has 1 aromatic carbocycles. The molecule has 1 fully saturated rings. The number of hydrazine groups is 1. The van der Waals surface area contributed by atoms with E-state index in [1.54, 1.807) is 24.3 Å². The van der Waals surface area contributed by atoms with Crippen molar-refractivity contribution in [3.63, 3.8) is 0 Å². The molecule has 116 valence electrons. The Bertz CT molecular complexity index is 469. The molecule has 7 nitrogen and oxygen atoms in total. The van der Waals surface area contributed by atoms with Crippen LogP contribution in [0.2, 0.25) is 0 Å². The van der Waals surface area contributed by atoms with E-state index in [4.69, 9.17) is 15.3 Å². The molecule has 0 bridgehead atoms. The Balaban J connectivity index is 1.90. The predicted molar refractivity (Wildman–Crippen MR) is 76.9 cm³/mol. The summed E-state index contributed by atoms with van der Waals surface area (Å²) in [6.45, 7) is 3.09. The van der Waals surface area contributed by atoms with Crippen LogP contribution >= 0.6 is 0 Å². The molecule has 1 aliphatic heterocycles. The lowest BCUT2D eigenvalue weighted by atomic mass is 10.2. The summed E-state index contributed by atoms with van der Waals surface area (Å²) in [7, 11) is 0. The molecule has 0 radical (unpaired) electrons. The van der Waals surface area contributed by atoms with E-state index in [2.05, 4.69) is 10.3 Å². The van der Waals surface area contributed by atoms with Gasteiger partial charge in [-0.25, -0.2) is 5.84 Å². The van der Waals surface area contributed by atoms with E-state index in [0.29, 0.717) is 37.7 Å². The molecule has 1 aliphatic rings. The fourth-order valence-corrected chi connectivity index (χ4v) is 2.28. The number of nitrogens with one attached hydrogen (secondary N) is 1. The zero-order valence-electron chi connectivity index (χ0n) is 11.8. The van der Waals surface area contributed by atoms with Gasteiger partial charge in [0.05, 0.1) is 31.4 Å². The number of morpholine rings is 1. The smallest absolute Gasteiger partial charge is 0.268 e. The van der Waals surface area contributed by atoms with E-state index in [0.717, 1.165) is 6.54 Å². The fourth-order valence-electron chi connectivity index (χ4n) is 2.28. The van der Waals surface area contributed by atoms with Gasteiger partial charge in [0.15, 0.2) is 0 Å². The maximum atomic E-state index is 11.6. The van der Waals surface area contributed by atoms with E-state index in [1.807, 2.05) is 0 Å². The Labute approximate surface area is 123 Å². The second-order valence-electron chi connectivity index (χ2n) is 4.77. The van der Waals surface area contributed by atoms with Crippen molar-refractivity contribution in [1.29, 1.82) is 0 Å². The van der Waals surface area contributed by atoms with Crippen molar-refractivity contribution in [1.82, 2.24) is 10.3 Å². The zero-order valence-corrected chi connectivity index (χ0v) is 11.8. The molecule has 1 atom stereocenters. The highest BCUT2D eigenvalue weighted by molar-refractivity contribution is 5.96. The molecule has 2 rings (SSSR count). The number of aliphatic hydroxyl groups excluding tert-OH is 1. The highest BCUT2D eigenvalue weighted by atomic mass is 16.5.